The van der Waals surface area contributed by atoms with Gasteiger partial charge in [0.1, 0.15) is 0 Å². The van der Waals surface area contributed by atoms with E-state index in [1.807, 2.05) is 19.6 Å². The average Bonchev–Trinajstić information content (AvgIpc) is 2.01. The van der Waals surface area contributed by atoms with Crippen molar-refractivity contribution in [3.05, 3.63) is 30.3 Å². The van der Waals surface area contributed by atoms with Gasteiger partial charge in [-0.25, -0.2) is 0 Å². The van der Waals surface area contributed by atoms with Crippen LogP contribution in [0.15, 0.2) is 35.2 Å². The maximum absolute atomic E-state index is 11.7. The van der Waals surface area contributed by atoms with Crippen LogP contribution in [0.5, 0.6) is 0 Å². The Balaban J connectivity index is 0. The zero-order chi connectivity index (χ0) is 10.8. The SMILES string of the molecule is C[Si](C)(C)OS(=O)(=O)c1ccccc1.[H-].[K+]. The standard InChI is InChI=1S/C9H14O3SSi.K.H/c1-14(2,3)12-13(10,11)9-7-5-4-6-8-9;;/h4-8H,1-3H3;;/q;+1;-1. The molecule has 0 heterocycles. The molecule has 0 aliphatic heterocycles. The van der Waals surface area contributed by atoms with Crippen LogP contribution in [-0.4, -0.2) is 16.7 Å². The Morgan fingerprint density at radius 3 is 2.00 bits per heavy atom. The van der Waals surface area contributed by atoms with E-state index in [4.69, 9.17) is 3.87 Å². The Labute approximate surface area is 136 Å². The van der Waals surface area contributed by atoms with Crippen molar-refractivity contribution in [3.63, 3.8) is 0 Å². The first kappa shape index (κ1) is 16.0. The van der Waals surface area contributed by atoms with E-state index in [-0.39, 0.29) is 57.7 Å². The minimum Gasteiger partial charge on any atom is -1.00 e. The van der Waals surface area contributed by atoms with Gasteiger partial charge in [-0.1, -0.05) is 18.2 Å². The molecule has 0 N–H and O–H groups in total. The van der Waals surface area contributed by atoms with Crippen molar-refractivity contribution >= 4 is 18.4 Å². The summed E-state index contributed by atoms with van der Waals surface area (Å²) in [5.74, 6) is 0. The summed E-state index contributed by atoms with van der Waals surface area (Å²) >= 11 is 0. The summed E-state index contributed by atoms with van der Waals surface area (Å²) in [5, 5.41) is 0. The van der Waals surface area contributed by atoms with E-state index < -0.39 is 18.4 Å². The number of rotatable bonds is 3. The van der Waals surface area contributed by atoms with Crippen LogP contribution in [0.4, 0.5) is 0 Å². The zero-order valence-electron chi connectivity index (χ0n) is 10.5. The summed E-state index contributed by atoms with van der Waals surface area (Å²) in [6.45, 7) is 5.52. The van der Waals surface area contributed by atoms with Gasteiger partial charge in [-0.3, -0.25) is 0 Å². The van der Waals surface area contributed by atoms with Gasteiger partial charge in [0.15, 0.2) is 0 Å². The van der Waals surface area contributed by atoms with E-state index in [2.05, 4.69) is 0 Å². The molecule has 0 saturated heterocycles. The third-order valence-corrected chi connectivity index (χ3v) is 5.12. The van der Waals surface area contributed by atoms with Crippen molar-refractivity contribution in [2.45, 2.75) is 24.5 Å². The molecule has 0 unspecified atom stereocenters. The summed E-state index contributed by atoms with van der Waals surface area (Å²) in [6.07, 6.45) is 0. The number of hydrogen-bond donors (Lipinski definition) is 0. The van der Waals surface area contributed by atoms with Gasteiger partial charge in [0.25, 0.3) is 10.1 Å². The van der Waals surface area contributed by atoms with Gasteiger partial charge in [0, 0.05) is 0 Å². The van der Waals surface area contributed by atoms with Gasteiger partial charge < -0.3 is 5.30 Å². The molecule has 0 atom stereocenters. The van der Waals surface area contributed by atoms with E-state index in [0.29, 0.717) is 0 Å². The largest absolute Gasteiger partial charge is 1.00 e. The minimum absolute atomic E-state index is 0. The monoisotopic (exact) mass is 270 g/mol. The first-order chi connectivity index (χ1) is 6.31. The maximum Gasteiger partial charge on any atom is 1.00 e. The van der Waals surface area contributed by atoms with E-state index in [1.165, 1.54) is 12.1 Å². The fourth-order valence-electron chi connectivity index (χ4n) is 0.964. The Hall–Kier alpha value is 0.983. The minimum atomic E-state index is -3.56. The van der Waals surface area contributed by atoms with Gasteiger partial charge in [0.2, 0.25) is 8.32 Å². The normalized spacial score (nSPS) is 11.9. The van der Waals surface area contributed by atoms with Crippen LogP contribution in [0.2, 0.25) is 19.6 Å². The van der Waals surface area contributed by atoms with Crippen molar-refractivity contribution < 1.29 is 65.1 Å². The van der Waals surface area contributed by atoms with E-state index in [9.17, 15) is 8.42 Å². The molecule has 0 fully saturated rings. The third-order valence-electron chi connectivity index (χ3n) is 1.39. The molecular formula is C9H15KO3SSi. The number of benzene rings is 1. The Kier molecular flexibility index (Phi) is 6.46. The van der Waals surface area contributed by atoms with Gasteiger partial charge in [-0.2, -0.15) is 8.42 Å². The Morgan fingerprint density at radius 1 is 1.13 bits per heavy atom. The zero-order valence-corrected chi connectivity index (χ0v) is 14.5. The van der Waals surface area contributed by atoms with E-state index in [1.54, 1.807) is 18.2 Å². The van der Waals surface area contributed by atoms with Gasteiger partial charge in [-0.15, -0.1) is 0 Å². The second kappa shape index (κ2) is 6.06. The maximum atomic E-state index is 11.7. The quantitative estimate of drug-likeness (QED) is 0.685. The molecule has 0 saturated carbocycles. The third kappa shape index (κ3) is 5.74. The summed E-state index contributed by atoms with van der Waals surface area (Å²) in [6, 6.07) is 8.21. The molecule has 15 heavy (non-hydrogen) atoms. The second-order valence-corrected chi connectivity index (χ2v) is 10.2. The van der Waals surface area contributed by atoms with Gasteiger partial charge >= 0.3 is 51.4 Å². The van der Waals surface area contributed by atoms with Gasteiger partial charge in [0.05, 0.1) is 4.90 Å². The summed E-state index contributed by atoms with van der Waals surface area (Å²) < 4.78 is 28.4. The molecule has 0 aromatic heterocycles. The van der Waals surface area contributed by atoms with Crippen LogP contribution in [0.1, 0.15) is 1.43 Å². The molecule has 1 aromatic carbocycles. The molecule has 1 aromatic rings. The smallest absolute Gasteiger partial charge is 1.00 e. The van der Waals surface area contributed by atoms with Crippen molar-refractivity contribution in [3.8, 4) is 0 Å². The van der Waals surface area contributed by atoms with Gasteiger partial charge in [-0.05, 0) is 31.8 Å². The fourth-order valence-corrected chi connectivity index (χ4v) is 4.47. The molecule has 0 aliphatic carbocycles. The number of hydrogen-bond acceptors (Lipinski definition) is 3. The molecule has 0 spiro atoms. The van der Waals surface area contributed by atoms with Crippen LogP contribution in [0.25, 0.3) is 0 Å². The van der Waals surface area contributed by atoms with Crippen LogP contribution in [0, 0.1) is 0 Å². The predicted octanol–water partition coefficient (Wildman–Crippen LogP) is -0.657. The molecule has 0 aliphatic rings. The molecular weight excluding hydrogens is 255 g/mol. The van der Waals surface area contributed by atoms with E-state index >= 15 is 0 Å². The summed E-state index contributed by atoms with van der Waals surface area (Å²) in [7, 11) is -5.62. The average molecular weight is 270 g/mol. The van der Waals surface area contributed by atoms with Crippen molar-refractivity contribution in [2.75, 3.05) is 0 Å². The first-order valence-corrected chi connectivity index (χ1v) is 9.14. The van der Waals surface area contributed by atoms with Crippen LogP contribution >= 0.6 is 0 Å². The van der Waals surface area contributed by atoms with Crippen molar-refractivity contribution in [1.82, 2.24) is 0 Å². The predicted molar refractivity (Wildman–Crippen MR) is 59.2 cm³/mol. The van der Waals surface area contributed by atoms with Crippen LogP contribution in [-0.2, 0) is 14.0 Å². The van der Waals surface area contributed by atoms with Crippen LogP contribution < -0.4 is 51.4 Å². The van der Waals surface area contributed by atoms with E-state index in [0.717, 1.165) is 0 Å². The fraction of sp³-hybridized carbons (Fsp3) is 0.333. The summed E-state index contributed by atoms with van der Waals surface area (Å²) in [4.78, 5) is 0.224. The second-order valence-electron chi connectivity index (χ2n) is 3.96. The van der Waals surface area contributed by atoms with Crippen molar-refractivity contribution in [2.24, 2.45) is 0 Å². The van der Waals surface area contributed by atoms with Crippen molar-refractivity contribution in [1.29, 1.82) is 0 Å². The molecule has 0 amide bonds. The topological polar surface area (TPSA) is 43.4 Å². The molecule has 0 radical (unpaired) electrons. The Morgan fingerprint density at radius 2 is 1.60 bits per heavy atom. The molecule has 80 valence electrons. The Bertz CT molecular complexity index is 403. The molecule has 6 heteroatoms. The molecule has 3 nitrogen and oxygen atoms in total. The molecule has 1 rings (SSSR count). The first-order valence-electron chi connectivity index (χ1n) is 4.32. The summed E-state index contributed by atoms with van der Waals surface area (Å²) in [5.41, 5.74) is 0. The molecule has 0 bridgehead atoms. The van der Waals surface area contributed by atoms with Crippen LogP contribution in [0.3, 0.4) is 0 Å².